The molecule has 15 nitrogen and oxygen atoms in total. The van der Waals surface area contributed by atoms with Crippen molar-refractivity contribution in [1.82, 2.24) is 16.0 Å². The second-order valence-electron chi connectivity index (χ2n) is 11.9. The molecule has 0 aromatic heterocycles. The van der Waals surface area contributed by atoms with Crippen molar-refractivity contribution in [2.24, 2.45) is 27.9 Å². The molecular weight excluding hydrogens is 656 g/mol. The molecule has 274 valence electrons. The molecule has 0 saturated carbocycles. The number of phenols is 1. The van der Waals surface area contributed by atoms with E-state index in [0.717, 1.165) is 5.56 Å². The molecule has 3 aromatic rings. The first-order chi connectivity index (χ1) is 24.9. The van der Waals surface area contributed by atoms with E-state index in [2.05, 4.69) is 26.7 Å². The van der Waals surface area contributed by atoms with Gasteiger partial charge >= 0.3 is 0 Å². The fourth-order valence-electron chi connectivity index (χ4n) is 5.24. The van der Waals surface area contributed by atoms with Crippen LogP contribution >= 0.6 is 0 Å². The van der Waals surface area contributed by atoms with Crippen molar-refractivity contribution < 1.29 is 35.2 Å². The van der Waals surface area contributed by atoms with Gasteiger partial charge in [-0.15, -0.1) is 0 Å². The Hall–Kier alpha value is -5.83. The third kappa shape index (κ3) is 13.2. The zero-order valence-corrected chi connectivity index (χ0v) is 28.8. The maximum Gasteiger partial charge on any atom is 0.243 e. The van der Waals surface area contributed by atoms with E-state index in [0.29, 0.717) is 29.0 Å². The molecule has 0 spiro atoms. The summed E-state index contributed by atoms with van der Waals surface area (Å²) in [6.07, 6.45) is 1.08. The molecule has 3 aromatic carbocycles. The third-order valence-corrected chi connectivity index (χ3v) is 8.02. The fourth-order valence-corrected chi connectivity index (χ4v) is 5.24. The summed E-state index contributed by atoms with van der Waals surface area (Å²) in [5, 5.41) is 17.7. The molecule has 0 fully saturated rings. The second-order valence-corrected chi connectivity index (χ2v) is 11.9. The molecule has 4 atom stereocenters. The van der Waals surface area contributed by atoms with Gasteiger partial charge in [0.15, 0.2) is 17.5 Å². The summed E-state index contributed by atoms with van der Waals surface area (Å²) >= 11 is 0. The van der Waals surface area contributed by atoms with Crippen LogP contribution in [0, 0.1) is 0 Å². The Labute approximate surface area is 298 Å². The van der Waals surface area contributed by atoms with Crippen molar-refractivity contribution in [1.29, 1.82) is 0 Å². The predicted molar refractivity (Wildman–Crippen MR) is 193 cm³/mol. The van der Waals surface area contributed by atoms with E-state index < -0.39 is 47.8 Å². The van der Waals surface area contributed by atoms with E-state index in [1.54, 1.807) is 30.3 Å². The van der Waals surface area contributed by atoms with E-state index >= 15 is 0 Å². The highest BCUT2D eigenvalue weighted by atomic mass is 16.5. The minimum absolute atomic E-state index is 0.0332. The standard InChI is InChI=1S/C36H48N8O7/c1-50-30-17-13-24(21-31(30)51-2)20-29(35(49)42-27(32(38)46)16-12-22-7-4-3-5-8-22)44-34(48)28(9-6-18-41-36(39)40)43-33(47)26(37)19-23-10-14-25(45)15-11-23/h3-5,7-8,10-11,13-15,17,21,26-29,45H,6,9,12,16,18-20,37H2,1-2H3,(H2,38,46)(H,42,49)(H,43,47)(H,44,48)(H4,39,40,41)/t26-,27-,28-,29-/m0/s1/i/hD. The Kier molecular flexibility index (Phi) is 14.9. The SMILES string of the molecule is [2H]N[C@@H](Cc1ccc(O)cc1)C(=O)N[C@@H](CCCN=C(N)N)C(=O)N[C@@H](Cc1ccc(OC)c(OC)c1)C(=O)N[C@@H](CCc1ccccc1)C(N)=O. The summed E-state index contributed by atoms with van der Waals surface area (Å²) in [4.78, 5) is 57.6. The third-order valence-electron chi connectivity index (χ3n) is 8.02. The number of nitrogens with two attached hydrogens (primary N) is 4. The predicted octanol–water partition coefficient (Wildman–Crippen LogP) is 0.148. The molecule has 15 heteroatoms. The number of aromatic hydroxyl groups is 1. The molecule has 12 N–H and O–H groups in total. The number of hydrogen-bond acceptors (Lipinski definition) is 9. The van der Waals surface area contributed by atoms with Crippen molar-refractivity contribution in [3.05, 3.63) is 89.5 Å². The maximum absolute atomic E-state index is 14.0. The van der Waals surface area contributed by atoms with Gasteiger partial charge < -0.3 is 53.5 Å². The number of carbonyl (C=O) groups excluding carboxylic acids is 4. The van der Waals surface area contributed by atoms with E-state index in [1.165, 1.54) is 26.4 Å². The summed E-state index contributed by atoms with van der Waals surface area (Å²) in [6, 6.07) is 16.0. The van der Waals surface area contributed by atoms with Crippen LogP contribution in [0.25, 0.3) is 0 Å². The van der Waals surface area contributed by atoms with Gasteiger partial charge in [0.25, 0.3) is 0 Å². The molecule has 51 heavy (non-hydrogen) atoms. The lowest BCUT2D eigenvalue weighted by Crippen LogP contribution is -2.58. The average Bonchev–Trinajstić information content (AvgIpc) is 3.13. The van der Waals surface area contributed by atoms with Gasteiger partial charge in [-0.25, -0.2) is 0 Å². The number of methoxy groups -OCH3 is 2. The highest BCUT2D eigenvalue weighted by Crippen LogP contribution is 2.28. The molecule has 0 heterocycles. The summed E-state index contributed by atoms with van der Waals surface area (Å²) < 4.78 is 18.5. The Bertz CT molecular complexity index is 1660. The molecule has 0 unspecified atom stereocenters. The zero-order valence-electron chi connectivity index (χ0n) is 29.8. The lowest BCUT2D eigenvalue weighted by atomic mass is 10.0. The van der Waals surface area contributed by atoms with Crippen molar-refractivity contribution in [3.8, 4) is 17.2 Å². The van der Waals surface area contributed by atoms with Crippen LogP contribution in [0.1, 0.15) is 36.0 Å². The summed E-state index contributed by atoms with van der Waals surface area (Å²) in [5.74, 6) is -2.01. The number of guanidine groups is 1. The lowest BCUT2D eigenvalue weighted by Gasteiger charge is -2.26. The number of nitrogens with one attached hydrogen (secondary N) is 3. The van der Waals surface area contributed by atoms with Crippen molar-refractivity contribution in [2.45, 2.75) is 62.7 Å². The van der Waals surface area contributed by atoms with Gasteiger partial charge in [-0.2, -0.15) is 0 Å². The van der Waals surface area contributed by atoms with E-state index in [4.69, 9.17) is 28.1 Å². The van der Waals surface area contributed by atoms with Crippen LogP contribution in [0.15, 0.2) is 77.8 Å². The van der Waals surface area contributed by atoms with Crippen LogP contribution in [-0.4, -0.2) is 79.6 Å². The van der Waals surface area contributed by atoms with Crippen LogP contribution in [0.4, 0.5) is 0 Å². The van der Waals surface area contributed by atoms with Gasteiger partial charge in [-0.05, 0) is 73.1 Å². The molecule has 0 radical (unpaired) electrons. The minimum Gasteiger partial charge on any atom is -0.508 e. The van der Waals surface area contributed by atoms with Crippen molar-refractivity contribution in [2.75, 3.05) is 20.8 Å². The summed E-state index contributed by atoms with van der Waals surface area (Å²) in [7, 11) is 2.95. The van der Waals surface area contributed by atoms with Crippen molar-refractivity contribution >= 4 is 29.6 Å². The first-order valence-corrected chi connectivity index (χ1v) is 16.4. The number of ether oxygens (including phenoxy) is 2. The molecule has 3 rings (SSSR count). The number of nitrogens with zero attached hydrogens (tertiary/aromatic N) is 1. The quantitative estimate of drug-likeness (QED) is 0.0423. The number of rotatable bonds is 21. The topological polar surface area (TPSA) is 260 Å². The maximum atomic E-state index is 14.0. The Morgan fingerprint density at radius 3 is 2.00 bits per heavy atom. The van der Waals surface area contributed by atoms with Crippen LogP contribution in [-0.2, 0) is 38.4 Å². The molecule has 0 bridgehead atoms. The lowest BCUT2D eigenvalue weighted by molar-refractivity contribution is -0.133. The number of benzene rings is 3. The van der Waals surface area contributed by atoms with Gasteiger partial charge in [-0.3, -0.25) is 24.2 Å². The number of carbonyl (C=O) groups is 4. The van der Waals surface area contributed by atoms with Crippen LogP contribution in [0.5, 0.6) is 17.2 Å². The largest absolute Gasteiger partial charge is 0.508 e. The van der Waals surface area contributed by atoms with Crippen LogP contribution in [0.2, 0.25) is 1.41 Å². The average molecular weight is 706 g/mol. The van der Waals surface area contributed by atoms with E-state index in [1.807, 2.05) is 30.3 Å². The van der Waals surface area contributed by atoms with Crippen LogP contribution in [0.3, 0.4) is 0 Å². The number of phenolic OH excluding ortho intramolecular Hbond substituents is 1. The van der Waals surface area contributed by atoms with E-state index in [9.17, 15) is 24.3 Å². The summed E-state index contributed by atoms with van der Waals surface area (Å²) in [6.45, 7) is 0.160. The molecule has 0 aliphatic rings. The second kappa shape index (κ2) is 20.0. The van der Waals surface area contributed by atoms with Crippen molar-refractivity contribution in [3.63, 3.8) is 0 Å². The highest BCUT2D eigenvalue weighted by Gasteiger charge is 2.30. The highest BCUT2D eigenvalue weighted by molar-refractivity contribution is 5.94. The number of hydrogen-bond donors (Lipinski definition) is 8. The number of aryl methyl sites for hydroxylation is 1. The first kappa shape index (κ1) is 38.0. The number of primary amides is 1. The van der Waals surface area contributed by atoms with Gasteiger partial charge in [0.2, 0.25) is 23.6 Å². The normalized spacial score (nSPS) is 13.3. The van der Waals surface area contributed by atoms with Gasteiger partial charge in [0.05, 0.1) is 20.3 Å². The first-order valence-electron chi connectivity index (χ1n) is 16.9. The molecule has 0 aliphatic carbocycles. The number of aliphatic imine (C=N–C) groups is 1. The Balaban J connectivity index is 1.87. The molecule has 0 saturated heterocycles. The van der Waals surface area contributed by atoms with Crippen LogP contribution < -0.4 is 48.4 Å². The van der Waals surface area contributed by atoms with Gasteiger partial charge in [0.1, 0.15) is 25.3 Å². The van der Waals surface area contributed by atoms with Gasteiger partial charge in [0, 0.05) is 13.0 Å². The number of amides is 4. The molecule has 4 amide bonds. The van der Waals surface area contributed by atoms with Gasteiger partial charge in [-0.1, -0.05) is 48.5 Å². The minimum atomic E-state index is -1.23. The summed E-state index contributed by atoms with van der Waals surface area (Å²) in [5.41, 5.74) is 21.0. The Morgan fingerprint density at radius 1 is 0.745 bits per heavy atom. The smallest absolute Gasteiger partial charge is 0.243 e. The fraction of sp³-hybridized carbons (Fsp3) is 0.361. The monoisotopic (exact) mass is 705 g/mol. The van der Waals surface area contributed by atoms with E-state index in [-0.39, 0.29) is 50.4 Å². The molecular formula is C36H48N8O7. The molecule has 0 aliphatic heterocycles. The Morgan fingerprint density at radius 2 is 1.37 bits per heavy atom. The zero-order chi connectivity index (χ0) is 38.0.